The maximum Gasteiger partial charge on any atom is 0.311 e. The lowest BCUT2D eigenvalue weighted by Crippen LogP contribution is -2.27. The average Bonchev–Trinajstić information content (AvgIpc) is 3.26. The minimum atomic E-state index is -0.509. The summed E-state index contributed by atoms with van der Waals surface area (Å²) >= 11 is 0. The largest absolute Gasteiger partial charge is 0.464 e. The van der Waals surface area contributed by atoms with E-state index in [0.717, 1.165) is 17.0 Å². The Balaban J connectivity index is 1.66. The molecule has 0 unspecified atom stereocenters. The molecule has 0 fully saturated rings. The van der Waals surface area contributed by atoms with Crippen molar-refractivity contribution in [3.8, 4) is 5.75 Å². The molecule has 3 rings (SSSR count). The molecule has 152 valence electrons. The van der Waals surface area contributed by atoms with Crippen molar-refractivity contribution in [3.05, 3.63) is 69.3 Å². The summed E-state index contributed by atoms with van der Waals surface area (Å²) in [6.07, 6.45) is 1.59. The van der Waals surface area contributed by atoms with Crippen LogP contribution in [0, 0.1) is 24.0 Å². The fraction of sp³-hybridized carbons (Fsp3) is 0.316. The second kappa shape index (κ2) is 8.13. The van der Waals surface area contributed by atoms with Crippen LogP contribution in [-0.4, -0.2) is 42.3 Å². The first-order chi connectivity index (χ1) is 13.8. The number of rotatable bonds is 7. The first-order valence-electron chi connectivity index (χ1n) is 8.92. The predicted octanol–water partition coefficient (Wildman–Crippen LogP) is 2.45. The molecule has 0 N–H and O–H groups in total. The lowest BCUT2D eigenvalue weighted by Gasteiger charge is -2.16. The van der Waals surface area contributed by atoms with Crippen molar-refractivity contribution in [2.24, 2.45) is 7.05 Å². The topological polar surface area (TPSA) is 108 Å². The smallest absolute Gasteiger partial charge is 0.311 e. The number of para-hydroxylation sites is 2. The second-order valence-electron chi connectivity index (χ2n) is 6.67. The summed E-state index contributed by atoms with van der Waals surface area (Å²) in [6, 6.07) is 7.68. The van der Waals surface area contributed by atoms with Crippen LogP contribution in [0.1, 0.15) is 27.4 Å². The number of hydrogen-bond acceptors (Lipinski definition) is 6. The monoisotopic (exact) mass is 398 g/mol. The number of amides is 1. The molecule has 0 radical (unpaired) electrons. The summed E-state index contributed by atoms with van der Waals surface area (Å²) in [4.78, 5) is 24.8. The number of nitro benzene ring substituents is 1. The normalized spacial score (nSPS) is 10.8. The maximum absolute atomic E-state index is 12.7. The molecule has 2 heterocycles. The molecule has 0 bridgehead atoms. The zero-order valence-corrected chi connectivity index (χ0v) is 16.7. The summed E-state index contributed by atoms with van der Waals surface area (Å²) in [5.74, 6) is -0.0994. The fourth-order valence-corrected chi connectivity index (χ4v) is 2.96. The lowest BCUT2D eigenvalue weighted by atomic mass is 10.2. The summed E-state index contributed by atoms with van der Waals surface area (Å²) in [6.45, 7) is 4.24. The summed E-state index contributed by atoms with van der Waals surface area (Å²) in [5, 5.41) is 19.6. The quantitative estimate of drug-likeness (QED) is 0.447. The van der Waals surface area contributed by atoms with E-state index in [-0.39, 0.29) is 29.8 Å². The molecule has 3 aromatic rings. The van der Waals surface area contributed by atoms with Crippen LogP contribution >= 0.6 is 0 Å². The molecule has 1 aromatic carbocycles. The van der Waals surface area contributed by atoms with Crippen LogP contribution < -0.4 is 4.74 Å². The molecule has 0 spiro atoms. The highest BCUT2D eigenvalue weighted by atomic mass is 16.6. The van der Waals surface area contributed by atoms with Gasteiger partial charge in [-0.3, -0.25) is 19.6 Å². The molecule has 10 heteroatoms. The molecule has 0 saturated carbocycles. The van der Waals surface area contributed by atoms with Crippen LogP contribution in [0.15, 0.2) is 36.5 Å². The predicted molar refractivity (Wildman–Crippen MR) is 104 cm³/mol. The van der Waals surface area contributed by atoms with E-state index in [1.807, 2.05) is 20.9 Å². The van der Waals surface area contributed by atoms with Crippen LogP contribution in [0.25, 0.3) is 0 Å². The maximum atomic E-state index is 12.7. The van der Waals surface area contributed by atoms with Crippen molar-refractivity contribution >= 4 is 11.6 Å². The van der Waals surface area contributed by atoms with Gasteiger partial charge in [0, 0.05) is 44.2 Å². The summed E-state index contributed by atoms with van der Waals surface area (Å²) < 4.78 is 8.70. The number of carbonyl (C=O) groups excluding carboxylic acids is 1. The number of nitro groups is 1. The minimum absolute atomic E-state index is 0.0529. The third-order valence-corrected chi connectivity index (χ3v) is 4.67. The number of aromatic nitrogens is 4. The Morgan fingerprint density at radius 1 is 1.24 bits per heavy atom. The van der Waals surface area contributed by atoms with Gasteiger partial charge in [0.25, 0.3) is 5.91 Å². The first kappa shape index (κ1) is 20.1. The van der Waals surface area contributed by atoms with Gasteiger partial charge in [-0.2, -0.15) is 10.2 Å². The van der Waals surface area contributed by atoms with E-state index in [4.69, 9.17) is 4.74 Å². The van der Waals surface area contributed by atoms with Gasteiger partial charge in [0.1, 0.15) is 0 Å². The van der Waals surface area contributed by atoms with Crippen LogP contribution in [0.5, 0.6) is 5.75 Å². The van der Waals surface area contributed by atoms with Crippen molar-refractivity contribution in [3.63, 3.8) is 0 Å². The van der Waals surface area contributed by atoms with Gasteiger partial charge in [-0.15, -0.1) is 0 Å². The Morgan fingerprint density at radius 2 is 1.97 bits per heavy atom. The average molecular weight is 398 g/mol. The molecular formula is C19H22N6O4. The molecule has 29 heavy (non-hydrogen) atoms. The third-order valence-electron chi connectivity index (χ3n) is 4.67. The summed E-state index contributed by atoms with van der Waals surface area (Å²) in [5.41, 5.74) is 3.02. The number of carbonyl (C=O) groups is 1. The van der Waals surface area contributed by atoms with E-state index in [0.29, 0.717) is 6.54 Å². The fourth-order valence-electron chi connectivity index (χ4n) is 2.96. The minimum Gasteiger partial charge on any atom is -0.464 e. The number of benzene rings is 1. The Hall–Kier alpha value is -3.69. The Bertz CT molecular complexity index is 1050. The highest BCUT2D eigenvalue weighted by molar-refractivity contribution is 5.92. The zero-order valence-electron chi connectivity index (χ0n) is 16.7. The van der Waals surface area contributed by atoms with E-state index in [1.165, 1.54) is 16.8 Å². The van der Waals surface area contributed by atoms with Crippen LogP contribution in [0.4, 0.5) is 5.69 Å². The van der Waals surface area contributed by atoms with E-state index < -0.39 is 4.92 Å². The molecule has 0 saturated heterocycles. The van der Waals surface area contributed by atoms with Gasteiger partial charge in [-0.05, 0) is 26.0 Å². The van der Waals surface area contributed by atoms with Crippen LogP contribution in [0.3, 0.4) is 0 Å². The van der Waals surface area contributed by atoms with E-state index >= 15 is 0 Å². The van der Waals surface area contributed by atoms with Crippen molar-refractivity contribution in [1.82, 2.24) is 24.5 Å². The zero-order chi connectivity index (χ0) is 21.1. The van der Waals surface area contributed by atoms with E-state index in [9.17, 15) is 14.9 Å². The lowest BCUT2D eigenvalue weighted by molar-refractivity contribution is -0.386. The molecule has 2 aromatic heterocycles. The summed E-state index contributed by atoms with van der Waals surface area (Å²) in [7, 11) is 3.57. The van der Waals surface area contributed by atoms with E-state index in [2.05, 4.69) is 10.2 Å². The SMILES string of the molecule is Cc1nn(C)c(C)c1CN(C)C(=O)c1ccn(COc2ccccc2[N+](=O)[O-])n1. The number of hydrogen-bond donors (Lipinski definition) is 0. The third kappa shape index (κ3) is 4.26. The Kier molecular flexibility index (Phi) is 5.62. The van der Waals surface area contributed by atoms with E-state index in [1.54, 1.807) is 41.0 Å². The Morgan fingerprint density at radius 3 is 2.62 bits per heavy atom. The van der Waals surface area contributed by atoms with Crippen molar-refractivity contribution in [2.75, 3.05) is 7.05 Å². The Labute approximate surface area is 167 Å². The van der Waals surface area contributed by atoms with Gasteiger partial charge in [-0.25, -0.2) is 4.68 Å². The molecule has 0 aliphatic heterocycles. The number of ether oxygens (including phenoxy) is 1. The van der Waals surface area contributed by atoms with Crippen molar-refractivity contribution in [2.45, 2.75) is 27.1 Å². The van der Waals surface area contributed by atoms with Crippen LogP contribution in [0.2, 0.25) is 0 Å². The van der Waals surface area contributed by atoms with Crippen LogP contribution in [-0.2, 0) is 20.3 Å². The molecule has 1 amide bonds. The standard InChI is InChI=1S/C19H22N6O4/c1-13-15(14(2)23(4)20-13)11-22(3)19(26)16-9-10-24(21-16)12-29-18-8-6-5-7-17(18)25(27)28/h5-10H,11-12H2,1-4H3. The first-order valence-corrected chi connectivity index (χ1v) is 8.92. The van der Waals surface area contributed by atoms with Gasteiger partial charge in [0.05, 0.1) is 10.6 Å². The molecule has 0 aliphatic carbocycles. The molecule has 0 aliphatic rings. The van der Waals surface area contributed by atoms with Gasteiger partial charge in [-0.1, -0.05) is 12.1 Å². The number of aryl methyl sites for hydroxylation is 2. The van der Waals surface area contributed by atoms with Crippen molar-refractivity contribution in [1.29, 1.82) is 0 Å². The highest BCUT2D eigenvalue weighted by Gasteiger charge is 2.19. The molecule has 10 nitrogen and oxygen atoms in total. The number of nitrogens with zero attached hydrogens (tertiary/aromatic N) is 6. The molecule has 0 atom stereocenters. The van der Waals surface area contributed by atoms with Gasteiger partial charge < -0.3 is 9.64 Å². The molecular weight excluding hydrogens is 376 g/mol. The van der Waals surface area contributed by atoms with Crippen molar-refractivity contribution < 1.29 is 14.5 Å². The second-order valence-corrected chi connectivity index (χ2v) is 6.67. The van der Waals surface area contributed by atoms with Gasteiger partial charge in [0.15, 0.2) is 18.2 Å². The van der Waals surface area contributed by atoms with Gasteiger partial charge in [0.2, 0.25) is 0 Å². The highest BCUT2D eigenvalue weighted by Crippen LogP contribution is 2.26. The van der Waals surface area contributed by atoms with Gasteiger partial charge >= 0.3 is 5.69 Å².